The summed E-state index contributed by atoms with van der Waals surface area (Å²) in [4.78, 5) is 0. The van der Waals surface area contributed by atoms with Gasteiger partial charge in [-0.15, -0.1) is 0 Å². The maximum absolute atomic E-state index is 6.04. The van der Waals surface area contributed by atoms with E-state index in [4.69, 9.17) is 26.6 Å². The lowest BCUT2D eigenvalue weighted by Crippen LogP contribution is -1.96. The molecule has 0 unspecified atom stereocenters. The second-order valence-corrected chi connectivity index (χ2v) is 4.29. The maximum Gasteiger partial charge on any atom is 0.174 e. The fraction of sp³-hybridized carbons (Fsp3) is 0.308. The van der Waals surface area contributed by atoms with Crippen LogP contribution in [0.2, 0.25) is 5.02 Å². The summed E-state index contributed by atoms with van der Waals surface area (Å²) in [6.45, 7) is 2.75. The first-order valence-corrected chi connectivity index (χ1v) is 6.16. The summed E-state index contributed by atoms with van der Waals surface area (Å²) < 4.78 is 10.7. The number of hydrogen-bond donors (Lipinski definition) is 1. The molecule has 0 aliphatic rings. The van der Waals surface area contributed by atoms with Gasteiger partial charge in [0.1, 0.15) is 12.4 Å². The molecule has 0 saturated heterocycles. The molecular weight excluding hydrogens is 252 g/mol. The van der Waals surface area contributed by atoms with E-state index in [1.54, 1.807) is 6.07 Å². The average Bonchev–Trinajstić information content (AvgIpc) is 2.86. The van der Waals surface area contributed by atoms with Gasteiger partial charge in [-0.1, -0.05) is 23.7 Å². The largest absolute Gasteiger partial charge is 0.486 e. The second kappa shape index (κ2) is 5.89. The number of rotatable bonds is 5. The van der Waals surface area contributed by atoms with Crippen LogP contribution in [-0.2, 0) is 19.6 Å². The van der Waals surface area contributed by atoms with Crippen LogP contribution in [0.25, 0.3) is 0 Å². The molecule has 0 bridgehead atoms. The van der Waals surface area contributed by atoms with Crippen LogP contribution >= 0.6 is 11.6 Å². The Morgan fingerprint density at radius 3 is 2.89 bits per heavy atom. The van der Waals surface area contributed by atoms with Crippen molar-refractivity contribution in [3.63, 3.8) is 0 Å². The third-order valence-electron chi connectivity index (χ3n) is 2.60. The molecule has 0 fully saturated rings. The molecule has 0 radical (unpaired) electrons. The van der Waals surface area contributed by atoms with Crippen molar-refractivity contribution in [2.24, 2.45) is 5.73 Å². The van der Waals surface area contributed by atoms with Gasteiger partial charge in [-0.3, -0.25) is 0 Å². The number of nitrogens with zero attached hydrogens (tertiary/aromatic N) is 1. The van der Waals surface area contributed by atoms with Crippen molar-refractivity contribution in [1.82, 2.24) is 5.16 Å². The minimum atomic E-state index is 0.331. The zero-order valence-corrected chi connectivity index (χ0v) is 10.9. The van der Waals surface area contributed by atoms with Crippen LogP contribution in [0.1, 0.15) is 23.9 Å². The molecule has 96 valence electrons. The number of ether oxygens (including phenoxy) is 1. The van der Waals surface area contributed by atoms with Gasteiger partial charge in [0.15, 0.2) is 5.76 Å². The first kappa shape index (κ1) is 12.9. The highest BCUT2D eigenvalue weighted by molar-refractivity contribution is 6.31. The fourth-order valence-electron chi connectivity index (χ4n) is 1.59. The Balaban J connectivity index is 2.01. The summed E-state index contributed by atoms with van der Waals surface area (Å²) in [7, 11) is 0. The maximum atomic E-state index is 6.04. The molecule has 0 aliphatic carbocycles. The standard InChI is InChI=1S/C13H15ClN2O2/c1-2-9-5-11(3-4-13(9)14)17-8-12-6-10(7-15)16-18-12/h3-6H,2,7-8,15H2,1H3. The molecule has 0 amide bonds. The molecule has 1 heterocycles. The molecule has 0 spiro atoms. The van der Waals surface area contributed by atoms with Gasteiger partial charge in [-0.05, 0) is 30.2 Å². The van der Waals surface area contributed by atoms with E-state index in [9.17, 15) is 0 Å². The predicted molar refractivity (Wildman–Crippen MR) is 69.6 cm³/mol. The summed E-state index contributed by atoms with van der Waals surface area (Å²) in [5, 5.41) is 4.55. The van der Waals surface area contributed by atoms with Crippen LogP contribution in [0.4, 0.5) is 0 Å². The molecule has 0 atom stereocenters. The van der Waals surface area contributed by atoms with Crippen molar-refractivity contribution >= 4 is 11.6 Å². The van der Waals surface area contributed by atoms with Gasteiger partial charge in [-0.25, -0.2) is 0 Å². The van der Waals surface area contributed by atoms with Crippen LogP contribution in [0.5, 0.6) is 5.75 Å². The topological polar surface area (TPSA) is 61.3 Å². The van der Waals surface area contributed by atoms with E-state index >= 15 is 0 Å². The van der Waals surface area contributed by atoms with E-state index in [1.807, 2.05) is 18.2 Å². The van der Waals surface area contributed by atoms with E-state index in [0.717, 1.165) is 28.5 Å². The lowest BCUT2D eigenvalue weighted by molar-refractivity contribution is 0.248. The molecule has 0 saturated carbocycles. The Morgan fingerprint density at radius 2 is 2.22 bits per heavy atom. The molecule has 0 aliphatic heterocycles. The van der Waals surface area contributed by atoms with Crippen LogP contribution in [0.15, 0.2) is 28.8 Å². The van der Waals surface area contributed by atoms with Crippen molar-refractivity contribution in [3.05, 3.63) is 46.3 Å². The van der Waals surface area contributed by atoms with E-state index in [-0.39, 0.29) is 0 Å². The summed E-state index contributed by atoms with van der Waals surface area (Å²) in [5.41, 5.74) is 7.23. The van der Waals surface area contributed by atoms with Crippen molar-refractivity contribution in [2.75, 3.05) is 0 Å². The van der Waals surface area contributed by atoms with Gasteiger partial charge in [0, 0.05) is 17.6 Å². The predicted octanol–water partition coefficient (Wildman–Crippen LogP) is 2.93. The highest BCUT2D eigenvalue weighted by atomic mass is 35.5. The van der Waals surface area contributed by atoms with E-state index in [1.165, 1.54) is 0 Å². The molecule has 1 aromatic heterocycles. The normalized spacial score (nSPS) is 10.6. The lowest BCUT2D eigenvalue weighted by atomic mass is 10.1. The zero-order chi connectivity index (χ0) is 13.0. The van der Waals surface area contributed by atoms with Crippen molar-refractivity contribution in [2.45, 2.75) is 26.5 Å². The highest BCUT2D eigenvalue weighted by Gasteiger charge is 2.05. The molecule has 2 rings (SSSR count). The SMILES string of the molecule is CCc1cc(OCc2cc(CN)no2)ccc1Cl. The quantitative estimate of drug-likeness (QED) is 0.904. The van der Waals surface area contributed by atoms with E-state index < -0.39 is 0 Å². The first-order valence-electron chi connectivity index (χ1n) is 5.78. The number of benzene rings is 1. The Kier molecular flexibility index (Phi) is 4.23. The third-order valence-corrected chi connectivity index (χ3v) is 2.96. The average molecular weight is 267 g/mol. The molecule has 2 N–H and O–H groups in total. The highest BCUT2D eigenvalue weighted by Crippen LogP contribution is 2.23. The Bertz CT molecular complexity index is 525. The van der Waals surface area contributed by atoms with Crippen molar-refractivity contribution < 1.29 is 9.26 Å². The Labute approximate surface area is 111 Å². The molecule has 5 heteroatoms. The molecule has 2 aromatic rings. The molecular formula is C13H15ClN2O2. The summed E-state index contributed by atoms with van der Waals surface area (Å²) >= 11 is 6.04. The number of aromatic nitrogens is 1. The van der Waals surface area contributed by atoms with Gasteiger partial charge in [0.25, 0.3) is 0 Å². The second-order valence-electron chi connectivity index (χ2n) is 3.88. The lowest BCUT2D eigenvalue weighted by Gasteiger charge is -2.06. The Hall–Kier alpha value is -1.52. The fourth-order valence-corrected chi connectivity index (χ4v) is 1.84. The molecule has 18 heavy (non-hydrogen) atoms. The van der Waals surface area contributed by atoms with Gasteiger partial charge in [-0.2, -0.15) is 0 Å². The van der Waals surface area contributed by atoms with Gasteiger partial charge >= 0.3 is 0 Å². The number of nitrogens with two attached hydrogens (primary N) is 1. The summed E-state index contributed by atoms with van der Waals surface area (Å²) in [5.74, 6) is 1.42. The third kappa shape index (κ3) is 3.03. The van der Waals surface area contributed by atoms with Crippen molar-refractivity contribution in [3.8, 4) is 5.75 Å². The van der Waals surface area contributed by atoms with E-state index in [2.05, 4.69) is 12.1 Å². The van der Waals surface area contributed by atoms with Crippen LogP contribution in [0.3, 0.4) is 0 Å². The number of hydrogen-bond acceptors (Lipinski definition) is 4. The van der Waals surface area contributed by atoms with Crippen LogP contribution < -0.4 is 10.5 Å². The smallest absolute Gasteiger partial charge is 0.174 e. The monoisotopic (exact) mass is 266 g/mol. The van der Waals surface area contributed by atoms with E-state index in [0.29, 0.717) is 18.9 Å². The summed E-state index contributed by atoms with van der Waals surface area (Å²) in [6.07, 6.45) is 0.871. The van der Waals surface area contributed by atoms with Gasteiger partial charge in [0.2, 0.25) is 0 Å². The Morgan fingerprint density at radius 1 is 1.39 bits per heavy atom. The summed E-state index contributed by atoms with van der Waals surface area (Å²) in [6, 6.07) is 7.39. The van der Waals surface area contributed by atoms with Gasteiger partial charge < -0.3 is 15.0 Å². The molecule has 4 nitrogen and oxygen atoms in total. The number of halogens is 1. The van der Waals surface area contributed by atoms with Crippen LogP contribution in [0, 0.1) is 0 Å². The zero-order valence-electron chi connectivity index (χ0n) is 10.1. The minimum Gasteiger partial charge on any atom is -0.486 e. The van der Waals surface area contributed by atoms with Crippen LogP contribution in [-0.4, -0.2) is 5.16 Å². The molecule has 1 aromatic carbocycles. The van der Waals surface area contributed by atoms with Crippen molar-refractivity contribution in [1.29, 1.82) is 0 Å². The number of aryl methyl sites for hydroxylation is 1. The van der Waals surface area contributed by atoms with Gasteiger partial charge in [0.05, 0.1) is 5.69 Å². The first-order chi connectivity index (χ1) is 8.72. The minimum absolute atomic E-state index is 0.331.